The Balaban J connectivity index is 0.000000196. The molecule has 2 spiro atoms. The van der Waals surface area contributed by atoms with Gasteiger partial charge in [-0.25, -0.2) is 4.79 Å². The van der Waals surface area contributed by atoms with Crippen molar-refractivity contribution in [1.29, 1.82) is 0 Å². The minimum atomic E-state index is -0.894. The second kappa shape index (κ2) is 11.9. The maximum absolute atomic E-state index is 11.7. The summed E-state index contributed by atoms with van der Waals surface area (Å²) in [6, 6.07) is 0. The van der Waals surface area contributed by atoms with Crippen LogP contribution in [-0.2, 0) is 47.5 Å². The third-order valence-corrected chi connectivity index (χ3v) is 5.66. The zero-order chi connectivity index (χ0) is 24.7. The Hall–Kier alpha value is -1.56. The van der Waals surface area contributed by atoms with E-state index in [-0.39, 0.29) is 31.4 Å². The van der Waals surface area contributed by atoms with Gasteiger partial charge in [0.05, 0.1) is 31.8 Å². The molecule has 4 rings (SSSR count). The van der Waals surface area contributed by atoms with Gasteiger partial charge in [0.2, 0.25) is 0 Å². The molecule has 10 heteroatoms. The van der Waals surface area contributed by atoms with Crippen LogP contribution in [-0.4, -0.2) is 75.7 Å². The predicted molar refractivity (Wildman–Crippen MR) is 118 cm³/mol. The molecule has 4 aliphatic rings. The van der Waals surface area contributed by atoms with Crippen LogP contribution in [0.4, 0.5) is 0 Å². The standard InChI is InChI=1S/C14H24O5.C10H14O5/c1-13(2,3)12(15)16-9-11-10-18-14(19-11)7-5-4-6-8-17-14;1-2-9(11)12-6-8-7-14-10(15-8)4-3-5-13-10/h11H,4-10H2,1-3H3;2,8H,1,3-7H2. The van der Waals surface area contributed by atoms with E-state index in [1.165, 1.54) is 0 Å². The quantitative estimate of drug-likeness (QED) is 0.425. The summed E-state index contributed by atoms with van der Waals surface area (Å²) < 4.78 is 43.6. The smallest absolute Gasteiger partial charge is 0.330 e. The van der Waals surface area contributed by atoms with Gasteiger partial charge < -0.3 is 37.9 Å². The molecular formula is C24H38O10. The van der Waals surface area contributed by atoms with Gasteiger partial charge in [-0.3, -0.25) is 4.79 Å². The van der Waals surface area contributed by atoms with Crippen LogP contribution < -0.4 is 0 Å². The second-order valence-corrected chi connectivity index (χ2v) is 9.76. The highest BCUT2D eigenvalue weighted by atomic mass is 16.9. The molecule has 0 saturated carbocycles. The number of ether oxygens (including phenoxy) is 8. The van der Waals surface area contributed by atoms with Crippen molar-refractivity contribution < 1.29 is 47.5 Å². The zero-order valence-electron chi connectivity index (χ0n) is 20.5. The lowest BCUT2D eigenvalue weighted by Crippen LogP contribution is -2.35. The summed E-state index contributed by atoms with van der Waals surface area (Å²) in [5, 5.41) is 0. The van der Waals surface area contributed by atoms with Gasteiger partial charge in [-0.15, -0.1) is 0 Å². The summed E-state index contributed by atoms with van der Waals surface area (Å²) in [7, 11) is 0. The van der Waals surface area contributed by atoms with Crippen LogP contribution in [0, 0.1) is 5.41 Å². The molecule has 4 saturated heterocycles. The molecule has 0 aliphatic carbocycles. The van der Waals surface area contributed by atoms with E-state index in [2.05, 4.69) is 6.58 Å². The van der Waals surface area contributed by atoms with E-state index in [0.29, 0.717) is 26.4 Å². The van der Waals surface area contributed by atoms with Crippen molar-refractivity contribution >= 4 is 11.9 Å². The molecule has 0 radical (unpaired) electrons. The summed E-state index contributed by atoms with van der Waals surface area (Å²) in [6.45, 7) is 11.3. The largest absolute Gasteiger partial charge is 0.462 e. The molecule has 4 heterocycles. The average Bonchev–Trinajstić information content (AvgIpc) is 3.50. The molecular weight excluding hydrogens is 448 g/mol. The highest BCUT2D eigenvalue weighted by molar-refractivity contribution is 5.81. The number of carbonyl (C=O) groups excluding carboxylic acids is 2. The minimum Gasteiger partial charge on any atom is -0.462 e. The van der Waals surface area contributed by atoms with Gasteiger partial charge in [0.25, 0.3) is 11.9 Å². The van der Waals surface area contributed by atoms with Gasteiger partial charge >= 0.3 is 11.9 Å². The Morgan fingerprint density at radius 1 is 0.853 bits per heavy atom. The van der Waals surface area contributed by atoms with Crippen molar-refractivity contribution in [3.05, 3.63) is 12.7 Å². The van der Waals surface area contributed by atoms with Crippen molar-refractivity contribution in [2.45, 2.75) is 83.5 Å². The molecule has 4 unspecified atom stereocenters. The summed E-state index contributed by atoms with van der Waals surface area (Å²) >= 11 is 0. The average molecular weight is 487 g/mol. The van der Waals surface area contributed by atoms with E-state index in [9.17, 15) is 9.59 Å². The molecule has 0 aromatic carbocycles. The molecule has 0 N–H and O–H groups in total. The zero-order valence-corrected chi connectivity index (χ0v) is 20.5. The van der Waals surface area contributed by atoms with Crippen LogP contribution in [0.5, 0.6) is 0 Å². The molecule has 194 valence electrons. The number of carbonyl (C=O) groups is 2. The predicted octanol–water partition coefficient (Wildman–Crippen LogP) is 2.83. The number of esters is 2. The van der Waals surface area contributed by atoms with E-state index in [4.69, 9.17) is 37.9 Å². The second-order valence-electron chi connectivity index (χ2n) is 9.76. The van der Waals surface area contributed by atoms with E-state index in [1.807, 2.05) is 20.8 Å². The Morgan fingerprint density at radius 3 is 1.97 bits per heavy atom. The first kappa shape index (κ1) is 27.0. The van der Waals surface area contributed by atoms with Crippen LogP contribution >= 0.6 is 0 Å². The van der Waals surface area contributed by atoms with Crippen molar-refractivity contribution in [2.24, 2.45) is 5.41 Å². The van der Waals surface area contributed by atoms with Crippen LogP contribution in [0.3, 0.4) is 0 Å². The molecule has 0 bridgehead atoms. The number of hydrogen-bond acceptors (Lipinski definition) is 10. The normalized spacial score (nSPS) is 33.3. The van der Waals surface area contributed by atoms with Gasteiger partial charge in [-0.05, 0) is 40.0 Å². The van der Waals surface area contributed by atoms with Crippen LogP contribution in [0.15, 0.2) is 12.7 Å². The van der Waals surface area contributed by atoms with Gasteiger partial charge in [-0.1, -0.05) is 13.0 Å². The fourth-order valence-electron chi connectivity index (χ4n) is 3.79. The van der Waals surface area contributed by atoms with Crippen molar-refractivity contribution in [3.8, 4) is 0 Å². The van der Waals surface area contributed by atoms with Crippen LogP contribution in [0.1, 0.15) is 59.3 Å². The maximum Gasteiger partial charge on any atom is 0.330 e. The van der Waals surface area contributed by atoms with Crippen molar-refractivity contribution in [1.82, 2.24) is 0 Å². The van der Waals surface area contributed by atoms with E-state index in [0.717, 1.165) is 44.6 Å². The summed E-state index contributed by atoms with van der Waals surface area (Å²) in [6.07, 6.45) is 6.27. The lowest BCUT2D eigenvalue weighted by atomic mass is 9.97. The molecule has 34 heavy (non-hydrogen) atoms. The molecule has 4 aliphatic heterocycles. The first-order chi connectivity index (χ1) is 16.2. The highest BCUT2D eigenvalue weighted by Gasteiger charge is 2.46. The molecule has 0 aromatic rings. The van der Waals surface area contributed by atoms with Crippen LogP contribution in [0.25, 0.3) is 0 Å². The minimum absolute atomic E-state index is 0.177. The van der Waals surface area contributed by atoms with Crippen molar-refractivity contribution in [3.63, 3.8) is 0 Å². The van der Waals surface area contributed by atoms with Gasteiger partial charge in [0, 0.05) is 18.9 Å². The lowest BCUT2D eigenvalue weighted by Gasteiger charge is -2.26. The SMILES string of the molecule is C=CC(=O)OCC1COC2(CCCO2)O1.CC(C)(C)C(=O)OCC1COC2(CCCCCO2)O1. The van der Waals surface area contributed by atoms with Crippen molar-refractivity contribution in [2.75, 3.05) is 39.6 Å². The summed E-state index contributed by atoms with van der Waals surface area (Å²) in [5.41, 5.74) is -0.490. The Bertz CT molecular complexity index is 686. The summed E-state index contributed by atoms with van der Waals surface area (Å²) in [4.78, 5) is 22.5. The molecule has 0 aromatic heterocycles. The lowest BCUT2D eigenvalue weighted by molar-refractivity contribution is -0.337. The van der Waals surface area contributed by atoms with Crippen LogP contribution in [0.2, 0.25) is 0 Å². The monoisotopic (exact) mass is 486 g/mol. The third kappa shape index (κ3) is 7.73. The first-order valence-corrected chi connectivity index (χ1v) is 12.0. The fraction of sp³-hybridized carbons (Fsp3) is 0.833. The van der Waals surface area contributed by atoms with E-state index >= 15 is 0 Å². The fourth-order valence-corrected chi connectivity index (χ4v) is 3.79. The topological polar surface area (TPSA) is 108 Å². The Kier molecular flexibility index (Phi) is 9.48. The summed E-state index contributed by atoms with van der Waals surface area (Å²) in [5.74, 6) is -2.44. The first-order valence-electron chi connectivity index (χ1n) is 12.0. The van der Waals surface area contributed by atoms with Gasteiger partial charge in [0.15, 0.2) is 0 Å². The maximum atomic E-state index is 11.7. The Morgan fingerprint density at radius 2 is 1.41 bits per heavy atom. The number of hydrogen-bond donors (Lipinski definition) is 0. The highest BCUT2D eigenvalue weighted by Crippen LogP contribution is 2.35. The van der Waals surface area contributed by atoms with Gasteiger partial charge in [0.1, 0.15) is 25.4 Å². The molecule has 4 fully saturated rings. The molecule has 4 atom stereocenters. The van der Waals surface area contributed by atoms with E-state index < -0.39 is 23.3 Å². The van der Waals surface area contributed by atoms with Gasteiger partial charge in [-0.2, -0.15) is 0 Å². The third-order valence-electron chi connectivity index (χ3n) is 5.66. The number of rotatable bonds is 5. The van der Waals surface area contributed by atoms with E-state index in [1.54, 1.807) is 0 Å². The Labute approximate surface area is 201 Å². The molecule has 10 nitrogen and oxygen atoms in total. The molecule has 0 amide bonds.